The van der Waals surface area contributed by atoms with Gasteiger partial charge in [0.25, 0.3) is 0 Å². The van der Waals surface area contributed by atoms with Gasteiger partial charge in [-0.3, -0.25) is 9.69 Å². The topological polar surface area (TPSA) is 54.3 Å². The molecule has 1 aromatic heterocycles. The Morgan fingerprint density at radius 3 is 2.84 bits per heavy atom. The molecule has 3 rings (SSSR count). The minimum atomic E-state index is -0.218. The van der Waals surface area contributed by atoms with Crippen molar-refractivity contribution in [2.24, 2.45) is 7.05 Å². The lowest BCUT2D eigenvalue weighted by molar-refractivity contribution is -0.134. The number of carbonyl (C=O) groups excluding carboxylic acids is 1. The Hall–Kier alpha value is -2.28. The molecule has 6 nitrogen and oxygen atoms in total. The van der Waals surface area contributed by atoms with Crippen LogP contribution in [0.1, 0.15) is 35.7 Å². The Morgan fingerprint density at radius 1 is 1.40 bits per heavy atom. The summed E-state index contributed by atoms with van der Waals surface area (Å²) < 4.78 is 15.3. The standard InChI is InChI=1S/C18H24FN5O/c1-12-16-6-5-15(19)9-14(16)7-8-24(12)18(25)11-22(3)10-17-21-20-13(2)23(17)4/h5-6,9,12H,7-8,10-11H2,1-4H3/t12-/m0/s1. The summed E-state index contributed by atoms with van der Waals surface area (Å²) in [7, 11) is 3.82. The van der Waals surface area contributed by atoms with E-state index in [2.05, 4.69) is 10.2 Å². The summed E-state index contributed by atoms with van der Waals surface area (Å²) in [5.41, 5.74) is 2.03. The molecule has 0 N–H and O–H groups in total. The van der Waals surface area contributed by atoms with Crippen molar-refractivity contribution in [2.75, 3.05) is 20.1 Å². The van der Waals surface area contributed by atoms with Crippen molar-refractivity contribution >= 4 is 5.91 Å². The van der Waals surface area contributed by atoms with Gasteiger partial charge >= 0.3 is 0 Å². The van der Waals surface area contributed by atoms with Gasteiger partial charge in [0.2, 0.25) is 5.91 Å². The maximum Gasteiger partial charge on any atom is 0.237 e. The van der Waals surface area contributed by atoms with Crippen LogP contribution in [0.4, 0.5) is 4.39 Å². The van der Waals surface area contributed by atoms with E-state index in [0.29, 0.717) is 26.1 Å². The van der Waals surface area contributed by atoms with Crippen LogP contribution in [0.5, 0.6) is 0 Å². The van der Waals surface area contributed by atoms with Gasteiger partial charge in [-0.25, -0.2) is 4.39 Å². The van der Waals surface area contributed by atoms with Gasteiger partial charge in [-0.2, -0.15) is 0 Å². The van der Waals surface area contributed by atoms with Gasteiger partial charge in [-0.05, 0) is 50.6 Å². The van der Waals surface area contributed by atoms with Gasteiger partial charge in [0.05, 0.1) is 19.1 Å². The molecule has 2 aromatic rings. The molecule has 7 heteroatoms. The molecule has 2 heterocycles. The first-order valence-corrected chi connectivity index (χ1v) is 8.48. The smallest absolute Gasteiger partial charge is 0.237 e. The van der Waals surface area contributed by atoms with Crippen LogP contribution in [-0.2, 0) is 24.8 Å². The van der Waals surface area contributed by atoms with Crippen molar-refractivity contribution in [1.29, 1.82) is 0 Å². The Kier molecular flexibility index (Phi) is 4.85. The molecule has 0 spiro atoms. The highest BCUT2D eigenvalue weighted by atomic mass is 19.1. The molecule has 1 aliphatic rings. The number of hydrogen-bond acceptors (Lipinski definition) is 4. The van der Waals surface area contributed by atoms with Crippen LogP contribution in [0, 0.1) is 12.7 Å². The predicted molar refractivity (Wildman–Crippen MR) is 92.3 cm³/mol. The average Bonchev–Trinajstić information content (AvgIpc) is 2.86. The summed E-state index contributed by atoms with van der Waals surface area (Å²) in [4.78, 5) is 16.6. The Balaban J connectivity index is 1.65. The highest BCUT2D eigenvalue weighted by Crippen LogP contribution is 2.29. The van der Waals surface area contributed by atoms with E-state index in [0.717, 1.165) is 22.8 Å². The first-order chi connectivity index (χ1) is 11.9. The summed E-state index contributed by atoms with van der Waals surface area (Å²) in [6, 6.07) is 4.80. The molecule has 1 aromatic carbocycles. The van der Waals surface area contributed by atoms with Crippen LogP contribution in [0.3, 0.4) is 0 Å². The maximum absolute atomic E-state index is 13.4. The van der Waals surface area contributed by atoms with Crippen LogP contribution < -0.4 is 0 Å². The van der Waals surface area contributed by atoms with Crippen molar-refractivity contribution < 1.29 is 9.18 Å². The van der Waals surface area contributed by atoms with E-state index in [1.54, 1.807) is 12.1 Å². The van der Waals surface area contributed by atoms with Gasteiger partial charge < -0.3 is 9.47 Å². The molecule has 0 saturated heterocycles. The molecular weight excluding hydrogens is 321 g/mol. The number of fused-ring (bicyclic) bond motifs is 1. The monoisotopic (exact) mass is 345 g/mol. The van der Waals surface area contributed by atoms with Crippen LogP contribution in [0.15, 0.2) is 18.2 Å². The number of benzene rings is 1. The Labute approximate surface area is 147 Å². The first kappa shape index (κ1) is 17.5. The van der Waals surface area contributed by atoms with E-state index < -0.39 is 0 Å². The zero-order valence-corrected chi connectivity index (χ0v) is 15.2. The van der Waals surface area contributed by atoms with Crippen LogP contribution >= 0.6 is 0 Å². The van der Waals surface area contributed by atoms with E-state index in [1.165, 1.54) is 6.07 Å². The Morgan fingerprint density at radius 2 is 2.16 bits per heavy atom. The maximum atomic E-state index is 13.4. The Bertz CT molecular complexity index is 788. The number of amides is 1. The van der Waals surface area contributed by atoms with Crippen molar-refractivity contribution in [3.63, 3.8) is 0 Å². The number of carbonyl (C=O) groups is 1. The third-order valence-corrected chi connectivity index (χ3v) is 4.96. The number of aryl methyl sites for hydroxylation is 1. The zero-order chi connectivity index (χ0) is 18.1. The highest BCUT2D eigenvalue weighted by Gasteiger charge is 2.28. The number of hydrogen-bond donors (Lipinski definition) is 0. The minimum Gasteiger partial charge on any atom is -0.334 e. The number of aromatic nitrogens is 3. The predicted octanol–water partition coefficient (Wildman–Crippen LogP) is 1.84. The molecule has 0 saturated carbocycles. The van der Waals surface area contributed by atoms with Crippen molar-refractivity contribution in [2.45, 2.75) is 32.9 Å². The summed E-state index contributed by atoms with van der Waals surface area (Å²) in [5.74, 6) is 1.54. The minimum absolute atomic E-state index is 0.0395. The molecule has 134 valence electrons. The third-order valence-electron chi connectivity index (χ3n) is 4.96. The fourth-order valence-corrected chi connectivity index (χ4v) is 3.35. The lowest BCUT2D eigenvalue weighted by Crippen LogP contribution is -2.43. The highest BCUT2D eigenvalue weighted by molar-refractivity contribution is 5.79. The van der Waals surface area contributed by atoms with Crippen molar-refractivity contribution in [3.05, 3.63) is 46.8 Å². The normalized spacial score (nSPS) is 17.0. The van der Waals surface area contributed by atoms with Gasteiger partial charge in [0, 0.05) is 13.6 Å². The zero-order valence-electron chi connectivity index (χ0n) is 15.2. The van der Waals surface area contributed by atoms with Crippen LogP contribution in [0.25, 0.3) is 0 Å². The molecule has 0 radical (unpaired) electrons. The summed E-state index contributed by atoms with van der Waals surface area (Å²) in [5, 5.41) is 8.18. The lowest BCUT2D eigenvalue weighted by Gasteiger charge is -2.36. The lowest BCUT2D eigenvalue weighted by atomic mass is 9.93. The molecular formula is C18H24FN5O. The second kappa shape index (κ2) is 6.92. The molecule has 1 amide bonds. The number of nitrogens with zero attached hydrogens (tertiary/aromatic N) is 5. The summed E-state index contributed by atoms with van der Waals surface area (Å²) in [6.45, 7) is 5.39. The van der Waals surface area contributed by atoms with Crippen molar-refractivity contribution in [1.82, 2.24) is 24.6 Å². The average molecular weight is 345 g/mol. The van der Waals surface area contributed by atoms with E-state index in [4.69, 9.17) is 0 Å². The van der Waals surface area contributed by atoms with E-state index in [9.17, 15) is 9.18 Å². The third kappa shape index (κ3) is 3.56. The SMILES string of the molecule is Cc1nnc(CN(C)CC(=O)N2CCc3cc(F)ccc3[C@@H]2C)n1C. The molecule has 1 atom stereocenters. The van der Waals surface area contributed by atoms with Crippen LogP contribution in [0.2, 0.25) is 0 Å². The fourth-order valence-electron chi connectivity index (χ4n) is 3.35. The largest absolute Gasteiger partial charge is 0.334 e. The van der Waals surface area contributed by atoms with Gasteiger partial charge in [-0.15, -0.1) is 10.2 Å². The first-order valence-electron chi connectivity index (χ1n) is 8.48. The molecule has 25 heavy (non-hydrogen) atoms. The van der Waals surface area contributed by atoms with Gasteiger partial charge in [0.1, 0.15) is 17.5 Å². The summed E-state index contributed by atoms with van der Waals surface area (Å²) >= 11 is 0. The molecule has 0 fully saturated rings. The molecule has 0 aliphatic carbocycles. The van der Waals surface area contributed by atoms with Crippen LogP contribution in [-0.4, -0.2) is 50.6 Å². The van der Waals surface area contributed by atoms with E-state index in [1.807, 2.05) is 42.3 Å². The second-order valence-electron chi connectivity index (χ2n) is 6.75. The van der Waals surface area contributed by atoms with E-state index >= 15 is 0 Å². The molecule has 0 bridgehead atoms. The number of likely N-dealkylation sites (N-methyl/N-ethyl adjacent to an activating group) is 1. The fraction of sp³-hybridized carbons (Fsp3) is 0.500. The molecule has 0 unspecified atom stereocenters. The van der Waals surface area contributed by atoms with Gasteiger partial charge in [0.15, 0.2) is 0 Å². The molecule has 1 aliphatic heterocycles. The second-order valence-corrected chi connectivity index (χ2v) is 6.75. The number of halogens is 1. The van der Waals surface area contributed by atoms with Gasteiger partial charge in [-0.1, -0.05) is 6.07 Å². The van der Waals surface area contributed by atoms with E-state index in [-0.39, 0.29) is 17.8 Å². The summed E-state index contributed by atoms with van der Waals surface area (Å²) in [6.07, 6.45) is 0.690. The quantitative estimate of drug-likeness (QED) is 0.848. The number of rotatable bonds is 4. The van der Waals surface area contributed by atoms with Crippen molar-refractivity contribution in [3.8, 4) is 0 Å².